The van der Waals surface area contributed by atoms with Crippen LogP contribution < -0.4 is 10.1 Å². The molecule has 1 N–H and O–H groups in total. The molecule has 0 radical (unpaired) electrons. The minimum Gasteiger partial charge on any atom is -0.491 e. The molecule has 0 fully saturated rings. The van der Waals surface area contributed by atoms with Gasteiger partial charge < -0.3 is 14.6 Å². The van der Waals surface area contributed by atoms with E-state index in [0.717, 1.165) is 12.1 Å². The van der Waals surface area contributed by atoms with Gasteiger partial charge in [-0.25, -0.2) is 8.78 Å². The van der Waals surface area contributed by atoms with Crippen molar-refractivity contribution in [2.24, 2.45) is 0 Å². The van der Waals surface area contributed by atoms with Crippen molar-refractivity contribution in [3.05, 3.63) is 65.9 Å². The molecule has 1 amide bonds. The van der Waals surface area contributed by atoms with Crippen molar-refractivity contribution in [2.75, 3.05) is 5.32 Å². The van der Waals surface area contributed by atoms with Crippen LogP contribution in [0.1, 0.15) is 24.2 Å². The summed E-state index contributed by atoms with van der Waals surface area (Å²) in [7, 11) is 0. The number of rotatable bonds is 5. The molecule has 0 saturated carbocycles. The Morgan fingerprint density at radius 1 is 1.12 bits per heavy atom. The Morgan fingerprint density at radius 3 is 2.50 bits per heavy atom. The van der Waals surface area contributed by atoms with E-state index in [-0.39, 0.29) is 23.0 Å². The van der Waals surface area contributed by atoms with Crippen molar-refractivity contribution >= 4 is 11.6 Å². The third kappa shape index (κ3) is 3.88. The Balaban J connectivity index is 1.79. The van der Waals surface area contributed by atoms with Crippen molar-refractivity contribution in [3.8, 4) is 17.1 Å². The Kier molecular flexibility index (Phi) is 4.97. The molecule has 2 aromatic carbocycles. The highest BCUT2D eigenvalue weighted by Gasteiger charge is 2.19. The van der Waals surface area contributed by atoms with Gasteiger partial charge in [0.2, 0.25) is 0 Å². The number of amides is 1. The number of halogens is 2. The van der Waals surface area contributed by atoms with Crippen molar-refractivity contribution in [2.45, 2.75) is 20.0 Å². The fraction of sp³-hybridized carbons (Fsp3) is 0.158. The maximum Gasteiger partial charge on any atom is 0.261 e. The molecule has 0 aliphatic heterocycles. The molecule has 1 aromatic heterocycles. The lowest BCUT2D eigenvalue weighted by Gasteiger charge is -2.10. The Labute approximate surface area is 148 Å². The van der Waals surface area contributed by atoms with Gasteiger partial charge in [0.15, 0.2) is 17.4 Å². The van der Waals surface area contributed by atoms with E-state index < -0.39 is 17.5 Å². The van der Waals surface area contributed by atoms with Crippen molar-refractivity contribution in [1.82, 2.24) is 5.16 Å². The zero-order valence-electron chi connectivity index (χ0n) is 14.1. The minimum atomic E-state index is -1.04. The highest BCUT2D eigenvalue weighted by Crippen LogP contribution is 2.26. The van der Waals surface area contributed by atoms with Crippen LogP contribution in [-0.4, -0.2) is 17.2 Å². The fourth-order valence-electron chi connectivity index (χ4n) is 2.33. The zero-order chi connectivity index (χ0) is 18.7. The third-order valence-corrected chi connectivity index (χ3v) is 3.48. The van der Waals surface area contributed by atoms with Crippen LogP contribution in [0.3, 0.4) is 0 Å². The summed E-state index contributed by atoms with van der Waals surface area (Å²) in [5.41, 5.74) is 0.870. The molecule has 3 aromatic rings. The van der Waals surface area contributed by atoms with Crippen LogP contribution in [0.4, 0.5) is 14.5 Å². The lowest BCUT2D eigenvalue weighted by Crippen LogP contribution is -2.12. The molecular formula is C19H16F2N2O3. The second kappa shape index (κ2) is 7.35. The molecule has 0 saturated heterocycles. The van der Waals surface area contributed by atoms with Gasteiger partial charge in [-0.3, -0.25) is 4.79 Å². The molecule has 0 unspecified atom stereocenters. The van der Waals surface area contributed by atoms with Gasteiger partial charge in [0.05, 0.1) is 12.3 Å². The first-order chi connectivity index (χ1) is 12.4. The van der Waals surface area contributed by atoms with E-state index in [1.54, 1.807) is 24.3 Å². The number of carbonyl (C=O) groups is 1. The lowest BCUT2D eigenvalue weighted by atomic mass is 10.1. The first-order valence-electron chi connectivity index (χ1n) is 7.92. The summed E-state index contributed by atoms with van der Waals surface area (Å²) in [6, 6.07) is 10.1. The number of anilines is 1. The van der Waals surface area contributed by atoms with Gasteiger partial charge in [-0.15, -0.1) is 0 Å². The number of nitrogens with one attached hydrogen (secondary N) is 1. The number of nitrogens with zero attached hydrogens (tertiary/aromatic N) is 1. The summed E-state index contributed by atoms with van der Waals surface area (Å²) in [6.45, 7) is 3.84. The molecule has 0 bridgehead atoms. The first-order valence-corrected chi connectivity index (χ1v) is 7.92. The molecule has 0 aliphatic rings. The van der Waals surface area contributed by atoms with Crippen molar-refractivity contribution in [1.29, 1.82) is 0 Å². The van der Waals surface area contributed by atoms with Gasteiger partial charge >= 0.3 is 0 Å². The van der Waals surface area contributed by atoms with Gasteiger partial charge in [0, 0.05) is 11.3 Å². The van der Waals surface area contributed by atoms with E-state index in [2.05, 4.69) is 10.5 Å². The number of benzene rings is 2. The Hall–Kier alpha value is -3.22. The van der Waals surface area contributed by atoms with E-state index >= 15 is 0 Å². The van der Waals surface area contributed by atoms with E-state index in [9.17, 15) is 13.6 Å². The molecule has 3 rings (SSSR count). The average Bonchev–Trinajstić information content (AvgIpc) is 3.08. The van der Waals surface area contributed by atoms with Gasteiger partial charge in [-0.2, -0.15) is 0 Å². The van der Waals surface area contributed by atoms with Crippen LogP contribution in [0.2, 0.25) is 0 Å². The van der Waals surface area contributed by atoms with E-state index in [0.29, 0.717) is 11.4 Å². The molecule has 0 aliphatic carbocycles. The second-order valence-corrected chi connectivity index (χ2v) is 5.84. The fourth-order valence-corrected chi connectivity index (χ4v) is 2.33. The predicted octanol–water partition coefficient (Wildman–Crippen LogP) is 4.66. The normalized spacial score (nSPS) is 10.8. The SMILES string of the molecule is CC(C)Oc1ccc(NC(=O)c2cnoc2-c2ccc(F)c(F)c2)cc1. The summed E-state index contributed by atoms with van der Waals surface area (Å²) in [4.78, 5) is 12.5. The highest BCUT2D eigenvalue weighted by molar-refractivity contribution is 6.07. The van der Waals surface area contributed by atoms with E-state index in [4.69, 9.17) is 9.26 Å². The number of hydrogen-bond donors (Lipinski definition) is 1. The topological polar surface area (TPSA) is 64.4 Å². The van der Waals surface area contributed by atoms with Gasteiger partial charge in [-0.1, -0.05) is 5.16 Å². The smallest absolute Gasteiger partial charge is 0.261 e. The van der Waals surface area contributed by atoms with Crippen LogP contribution in [-0.2, 0) is 0 Å². The maximum atomic E-state index is 13.4. The number of ether oxygens (including phenoxy) is 1. The molecule has 0 atom stereocenters. The third-order valence-electron chi connectivity index (χ3n) is 3.48. The average molecular weight is 358 g/mol. The summed E-state index contributed by atoms with van der Waals surface area (Å²) in [6.07, 6.45) is 1.27. The van der Waals surface area contributed by atoms with E-state index in [1.807, 2.05) is 13.8 Å². The highest BCUT2D eigenvalue weighted by atomic mass is 19.2. The van der Waals surface area contributed by atoms with Crippen LogP contribution >= 0.6 is 0 Å². The lowest BCUT2D eigenvalue weighted by molar-refractivity contribution is 0.102. The van der Waals surface area contributed by atoms with Crippen LogP contribution in [0.15, 0.2) is 53.2 Å². The number of aromatic nitrogens is 1. The molecule has 0 spiro atoms. The van der Waals surface area contributed by atoms with Gasteiger partial charge in [0.25, 0.3) is 5.91 Å². The standard InChI is InChI=1S/C19H16F2N2O3/c1-11(2)25-14-6-4-13(5-7-14)23-19(24)15-10-22-26-18(15)12-3-8-16(20)17(21)9-12/h3-11H,1-2H3,(H,23,24). The molecule has 5 nitrogen and oxygen atoms in total. The van der Waals surface area contributed by atoms with Crippen LogP contribution in [0.25, 0.3) is 11.3 Å². The minimum absolute atomic E-state index is 0.0473. The summed E-state index contributed by atoms with van der Waals surface area (Å²) in [5, 5.41) is 6.29. The predicted molar refractivity (Wildman–Crippen MR) is 92.0 cm³/mol. The summed E-state index contributed by atoms with van der Waals surface area (Å²) < 4.78 is 37.1. The monoisotopic (exact) mass is 358 g/mol. The molecule has 7 heteroatoms. The molecule has 26 heavy (non-hydrogen) atoms. The molecule has 134 valence electrons. The van der Waals surface area contributed by atoms with Gasteiger partial charge in [-0.05, 0) is 56.3 Å². The van der Waals surface area contributed by atoms with Crippen molar-refractivity contribution < 1.29 is 22.8 Å². The second-order valence-electron chi connectivity index (χ2n) is 5.84. The zero-order valence-corrected chi connectivity index (χ0v) is 14.1. The Morgan fingerprint density at radius 2 is 1.85 bits per heavy atom. The van der Waals surface area contributed by atoms with Crippen molar-refractivity contribution in [3.63, 3.8) is 0 Å². The largest absolute Gasteiger partial charge is 0.491 e. The molecule has 1 heterocycles. The van der Waals surface area contributed by atoms with Crippen LogP contribution in [0.5, 0.6) is 5.75 Å². The first kappa shape index (κ1) is 17.6. The summed E-state index contributed by atoms with van der Waals surface area (Å²) >= 11 is 0. The van der Waals surface area contributed by atoms with Crippen LogP contribution in [0, 0.1) is 11.6 Å². The number of carbonyl (C=O) groups excluding carboxylic acids is 1. The number of hydrogen-bond acceptors (Lipinski definition) is 4. The Bertz CT molecular complexity index is 921. The maximum absolute atomic E-state index is 13.4. The van der Waals surface area contributed by atoms with E-state index in [1.165, 1.54) is 12.3 Å². The summed E-state index contributed by atoms with van der Waals surface area (Å²) in [5.74, 6) is -1.76. The molecular weight excluding hydrogens is 342 g/mol. The quantitative estimate of drug-likeness (QED) is 0.720. The van der Waals surface area contributed by atoms with Gasteiger partial charge in [0.1, 0.15) is 11.3 Å².